The third-order valence-corrected chi connectivity index (χ3v) is 11.1. The molecule has 154 valence electrons. The molecule has 1 rings (SSSR count). The summed E-state index contributed by atoms with van der Waals surface area (Å²) in [6.07, 6.45) is 15.8. The van der Waals surface area contributed by atoms with Crippen molar-refractivity contribution >= 4 is 7.05 Å². The molecule has 0 aromatic heterocycles. The second-order valence-electron chi connectivity index (χ2n) is 9.99. The Labute approximate surface area is 185 Å². The zero-order valence-corrected chi connectivity index (χ0v) is 22.1. The second-order valence-corrected chi connectivity index (χ2v) is 15.5. The van der Waals surface area contributed by atoms with Gasteiger partial charge < -0.3 is 0 Å². The van der Waals surface area contributed by atoms with Gasteiger partial charge >= 0.3 is 0 Å². The van der Waals surface area contributed by atoms with Crippen LogP contribution in [0, 0.1) is 0 Å². The van der Waals surface area contributed by atoms with Gasteiger partial charge in [0.05, 0.1) is 0 Å². The topological polar surface area (TPSA) is 12.4 Å². The molecule has 3 heteroatoms. The molecule has 0 amide bonds. The number of hydrogen-bond acceptors (Lipinski definition) is 1. The molecule has 0 atom stereocenters. The van der Waals surface area contributed by atoms with Gasteiger partial charge in [-0.15, -0.1) is 0 Å². The van der Waals surface area contributed by atoms with Crippen LogP contribution >= 0.6 is 7.05 Å². The van der Waals surface area contributed by atoms with Crippen molar-refractivity contribution in [2.75, 3.05) is 0 Å². The van der Waals surface area contributed by atoms with E-state index in [1.54, 1.807) is 6.08 Å². The van der Waals surface area contributed by atoms with Crippen molar-refractivity contribution in [2.24, 2.45) is 4.74 Å². The summed E-state index contributed by atoms with van der Waals surface area (Å²) in [4.78, 5) is 0. The van der Waals surface area contributed by atoms with Gasteiger partial charge in [0.2, 0.25) is 0 Å². The predicted octanol–water partition coefficient (Wildman–Crippen LogP) is 8.95. The largest absolute Gasteiger partial charge is 0.270 e. The van der Waals surface area contributed by atoms with E-state index in [2.05, 4.69) is 100 Å². The number of allylic oxidation sites excluding steroid dienone is 6. The normalized spacial score (nSPS) is 15.0. The Balaban J connectivity index is 0. The first kappa shape index (κ1) is 29.1. The quantitative estimate of drug-likeness (QED) is 0.242. The molecule has 0 aliphatic heterocycles. The molecule has 0 bridgehead atoms. The van der Waals surface area contributed by atoms with E-state index in [4.69, 9.17) is 4.74 Å². The van der Waals surface area contributed by atoms with Crippen LogP contribution in [0.4, 0.5) is 0 Å². The molecule has 1 nitrogen and oxygen atoms in total. The average molecular weight is 425 g/mol. The fraction of sp³-hybridized carbons (Fsp3) is 0.667. The molecule has 1 aliphatic carbocycles. The third kappa shape index (κ3) is 8.04. The summed E-state index contributed by atoms with van der Waals surface area (Å²) < 4.78 is 5.43. The van der Waals surface area contributed by atoms with E-state index in [-0.39, 0.29) is 37.2 Å². The molecule has 0 saturated carbocycles. The van der Waals surface area contributed by atoms with E-state index in [0.717, 1.165) is 6.42 Å². The minimum Gasteiger partial charge on any atom is -0.270 e. The Morgan fingerprint density at radius 1 is 1.00 bits per heavy atom. The molecule has 0 N–H and O–H groups in total. The van der Waals surface area contributed by atoms with Crippen LogP contribution in [0.15, 0.2) is 53.5 Å². The zero-order valence-electron chi connectivity index (χ0n) is 19.7. The van der Waals surface area contributed by atoms with E-state index in [1.807, 2.05) is 6.08 Å². The van der Waals surface area contributed by atoms with Crippen LogP contribution in [0.25, 0.3) is 0 Å². The van der Waals surface area contributed by atoms with Crippen molar-refractivity contribution in [3.05, 3.63) is 48.7 Å². The van der Waals surface area contributed by atoms with Crippen molar-refractivity contribution in [2.45, 2.75) is 104 Å². The second kappa shape index (κ2) is 11.8. The van der Waals surface area contributed by atoms with Crippen molar-refractivity contribution < 1.29 is 21.7 Å². The SMILES string of the molecule is C=CC=CCCC.CC(C)(C)P(=NC1=CC=CC1)(C(C)(C)C)C(C)(C)C.[Ti]. The monoisotopic (exact) mass is 425 g/mol. The Kier molecular flexibility index (Phi) is 12.7. The molecule has 0 radical (unpaired) electrons. The summed E-state index contributed by atoms with van der Waals surface area (Å²) in [6, 6.07) is 0. The van der Waals surface area contributed by atoms with E-state index < -0.39 is 7.05 Å². The predicted molar refractivity (Wildman–Crippen MR) is 125 cm³/mol. The number of unbranched alkanes of at least 4 members (excludes halogenated alkanes) is 1. The summed E-state index contributed by atoms with van der Waals surface area (Å²) in [5.74, 6) is 0. The maximum absolute atomic E-state index is 5.43. The Morgan fingerprint density at radius 2 is 1.48 bits per heavy atom. The summed E-state index contributed by atoms with van der Waals surface area (Å²) in [7, 11) is -1.58. The summed E-state index contributed by atoms with van der Waals surface area (Å²) in [6.45, 7) is 27.1. The van der Waals surface area contributed by atoms with Gasteiger partial charge in [-0.3, -0.25) is 4.74 Å². The molecule has 0 unspecified atom stereocenters. The van der Waals surface area contributed by atoms with Gasteiger partial charge in [-0.1, -0.05) is 113 Å². The van der Waals surface area contributed by atoms with Crippen molar-refractivity contribution in [1.29, 1.82) is 0 Å². The van der Waals surface area contributed by atoms with Crippen LogP contribution in [0.3, 0.4) is 0 Å². The molecular weight excluding hydrogens is 381 g/mol. The molecule has 0 spiro atoms. The van der Waals surface area contributed by atoms with Gasteiger partial charge in [0.1, 0.15) is 0 Å². The summed E-state index contributed by atoms with van der Waals surface area (Å²) in [5.41, 5.74) is 1.27. The van der Waals surface area contributed by atoms with Crippen molar-refractivity contribution in [3.63, 3.8) is 0 Å². The smallest absolute Gasteiger partial charge is 0.0425 e. The molecule has 0 aromatic rings. The fourth-order valence-electron chi connectivity index (χ4n) is 4.53. The van der Waals surface area contributed by atoms with E-state index >= 15 is 0 Å². The van der Waals surface area contributed by atoms with Crippen LogP contribution < -0.4 is 0 Å². The van der Waals surface area contributed by atoms with Crippen LogP contribution in [-0.4, -0.2) is 15.5 Å². The van der Waals surface area contributed by atoms with Gasteiger partial charge in [-0.2, -0.15) is 0 Å². The Bertz CT molecular complexity index is 545. The van der Waals surface area contributed by atoms with Crippen LogP contribution in [0.5, 0.6) is 0 Å². The number of rotatable bonds is 4. The number of nitrogens with zero attached hydrogens (tertiary/aromatic N) is 1. The molecular formula is C24H44NPTi. The maximum atomic E-state index is 5.43. The zero-order chi connectivity index (χ0) is 20.6. The van der Waals surface area contributed by atoms with E-state index in [9.17, 15) is 0 Å². The minimum atomic E-state index is -1.58. The van der Waals surface area contributed by atoms with Gasteiger partial charge in [-0.05, 0) is 35.0 Å². The van der Waals surface area contributed by atoms with Crippen LogP contribution in [0.1, 0.15) is 88.5 Å². The minimum absolute atomic E-state index is 0. The van der Waals surface area contributed by atoms with Gasteiger partial charge in [-0.25, -0.2) is 0 Å². The first-order chi connectivity index (χ1) is 11.7. The first-order valence-corrected chi connectivity index (χ1v) is 11.7. The Hall–Kier alpha value is -0.0957. The van der Waals surface area contributed by atoms with Crippen molar-refractivity contribution in [3.8, 4) is 0 Å². The molecule has 0 saturated heterocycles. The third-order valence-electron chi connectivity index (χ3n) is 4.67. The van der Waals surface area contributed by atoms with E-state index in [1.165, 1.54) is 18.5 Å². The number of hydrogen-bond donors (Lipinski definition) is 0. The molecule has 1 aliphatic rings. The molecule has 0 aromatic carbocycles. The first-order valence-electron chi connectivity index (χ1n) is 10.0. The van der Waals surface area contributed by atoms with Gasteiger partial charge in [0.25, 0.3) is 0 Å². The molecule has 0 heterocycles. The van der Waals surface area contributed by atoms with Crippen LogP contribution in [-0.2, 0) is 21.7 Å². The molecule has 0 fully saturated rings. The van der Waals surface area contributed by atoms with Gasteiger partial charge in [0, 0.05) is 33.8 Å². The van der Waals surface area contributed by atoms with Gasteiger partial charge in [0.15, 0.2) is 0 Å². The van der Waals surface area contributed by atoms with E-state index in [0.29, 0.717) is 0 Å². The van der Waals surface area contributed by atoms with Crippen LogP contribution in [0.2, 0.25) is 0 Å². The van der Waals surface area contributed by atoms with Crippen molar-refractivity contribution in [1.82, 2.24) is 0 Å². The Morgan fingerprint density at radius 3 is 1.78 bits per heavy atom. The molecule has 27 heavy (non-hydrogen) atoms. The summed E-state index contributed by atoms with van der Waals surface area (Å²) >= 11 is 0. The average Bonchev–Trinajstić information content (AvgIpc) is 2.95. The maximum Gasteiger partial charge on any atom is 0.0425 e. The fourth-order valence-corrected chi connectivity index (χ4v) is 12.0. The summed E-state index contributed by atoms with van der Waals surface area (Å²) in [5, 5.41) is 0.646. The standard InChI is InChI=1S/C17H32NP.C7H12.Ti/c1-15(2,3)19(16(4,5)6,17(7,8)9)18-14-12-10-11-13-14;1-3-5-7-6-4-2;/h10-12H,13H2,1-9H3;3,5,7H,1,4,6H2,2H3;.